The lowest BCUT2D eigenvalue weighted by molar-refractivity contribution is -0.126. The van der Waals surface area contributed by atoms with Crippen LogP contribution in [0.1, 0.15) is 33.6 Å². The van der Waals surface area contributed by atoms with E-state index >= 15 is 0 Å². The maximum Gasteiger partial charge on any atom is 0.246 e. The smallest absolute Gasteiger partial charge is 0.246 e. The van der Waals surface area contributed by atoms with Crippen LogP contribution in [0.5, 0.6) is 0 Å². The Hall–Kier alpha value is -0.650. The van der Waals surface area contributed by atoms with Crippen LogP contribution in [-0.2, 0) is 14.3 Å². The van der Waals surface area contributed by atoms with Crippen LogP contribution < -0.4 is 5.32 Å². The number of amides is 1. The highest BCUT2D eigenvalue weighted by atomic mass is 16.5. The molecule has 0 aromatic carbocycles. The molecular formula is C15H30N2O3. The molecule has 5 heteroatoms. The molecule has 5 nitrogen and oxygen atoms in total. The molecule has 1 N–H and O–H groups in total. The Balaban J connectivity index is 2.50. The van der Waals surface area contributed by atoms with Crippen LogP contribution in [0.3, 0.4) is 0 Å². The highest BCUT2D eigenvalue weighted by molar-refractivity contribution is 5.77. The second-order valence-electron chi connectivity index (χ2n) is 5.23. The van der Waals surface area contributed by atoms with Crippen LogP contribution in [0, 0.1) is 5.92 Å². The first kappa shape index (κ1) is 17.4. The number of carbonyl (C=O) groups is 1. The van der Waals surface area contributed by atoms with E-state index in [2.05, 4.69) is 24.1 Å². The van der Waals surface area contributed by atoms with E-state index in [4.69, 9.17) is 9.47 Å². The Morgan fingerprint density at radius 1 is 1.25 bits per heavy atom. The fourth-order valence-corrected chi connectivity index (χ4v) is 2.80. The molecule has 1 aliphatic heterocycles. The highest BCUT2D eigenvalue weighted by Gasteiger charge is 2.27. The van der Waals surface area contributed by atoms with E-state index in [1.54, 1.807) is 0 Å². The monoisotopic (exact) mass is 286 g/mol. The molecule has 20 heavy (non-hydrogen) atoms. The number of nitrogens with one attached hydrogen (secondary N) is 1. The normalized spacial score (nSPS) is 18.2. The van der Waals surface area contributed by atoms with Crippen molar-refractivity contribution in [1.29, 1.82) is 0 Å². The fourth-order valence-electron chi connectivity index (χ4n) is 2.80. The maximum absolute atomic E-state index is 11.7. The van der Waals surface area contributed by atoms with Gasteiger partial charge in [-0.2, -0.15) is 0 Å². The topological polar surface area (TPSA) is 50.8 Å². The first-order valence-corrected chi connectivity index (χ1v) is 7.89. The van der Waals surface area contributed by atoms with Gasteiger partial charge in [-0.3, -0.25) is 9.69 Å². The molecule has 1 amide bonds. The largest absolute Gasteiger partial charge is 0.379 e. The lowest BCUT2D eigenvalue weighted by Crippen LogP contribution is -2.52. The molecule has 1 rings (SSSR count). The van der Waals surface area contributed by atoms with Crippen LogP contribution in [0.4, 0.5) is 0 Å². The van der Waals surface area contributed by atoms with Gasteiger partial charge >= 0.3 is 0 Å². The van der Waals surface area contributed by atoms with Crippen LogP contribution in [0.15, 0.2) is 0 Å². The van der Waals surface area contributed by atoms with E-state index < -0.39 is 0 Å². The van der Waals surface area contributed by atoms with Gasteiger partial charge in [0.05, 0.1) is 13.2 Å². The summed E-state index contributed by atoms with van der Waals surface area (Å²) in [6.45, 7) is 11.3. The standard InChI is InChI=1S/C15H30N2O3/c1-4-13(5-2)14(17-7-9-20-10-8-17)11-16-15(18)12-19-6-3/h13-14H,4-12H2,1-3H3,(H,16,18). The molecule has 1 unspecified atom stereocenters. The Kier molecular flexibility index (Phi) is 8.82. The third kappa shape index (κ3) is 5.77. The average Bonchev–Trinajstić information content (AvgIpc) is 2.50. The summed E-state index contributed by atoms with van der Waals surface area (Å²) in [6, 6.07) is 0.402. The van der Waals surface area contributed by atoms with Crippen molar-refractivity contribution in [2.45, 2.75) is 39.7 Å². The zero-order chi connectivity index (χ0) is 14.8. The zero-order valence-electron chi connectivity index (χ0n) is 13.2. The van der Waals surface area contributed by atoms with Crippen molar-refractivity contribution in [2.24, 2.45) is 5.92 Å². The summed E-state index contributed by atoms with van der Waals surface area (Å²) in [5, 5.41) is 3.02. The molecule has 0 bridgehead atoms. The minimum atomic E-state index is -0.0175. The molecule has 1 aliphatic rings. The van der Waals surface area contributed by atoms with Crippen molar-refractivity contribution in [3.8, 4) is 0 Å². The van der Waals surface area contributed by atoms with Crippen LogP contribution >= 0.6 is 0 Å². The van der Waals surface area contributed by atoms with E-state index in [1.165, 1.54) is 0 Å². The number of hydrogen-bond donors (Lipinski definition) is 1. The minimum absolute atomic E-state index is 0.0175. The summed E-state index contributed by atoms with van der Waals surface area (Å²) in [7, 11) is 0. The summed E-state index contributed by atoms with van der Waals surface area (Å²) >= 11 is 0. The highest BCUT2D eigenvalue weighted by Crippen LogP contribution is 2.19. The Morgan fingerprint density at radius 3 is 2.45 bits per heavy atom. The summed E-state index contributed by atoms with van der Waals surface area (Å²) in [5.41, 5.74) is 0. The van der Waals surface area contributed by atoms with Crippen molar-refractivity contribution < 1.29 is 14.3 Å². The third-order valence-electron chi connectivity index (χ3n) is 4.05. The van der Waals surface area contributed by atoms with Gasteiger partial charge in [0.25, 0.3) is 0 Å². The van der Waals surface area contributed by atoms with Gasteiger partial charge in [0.15, 0.2) is 0 Å². The van der Waals surface area contributed by atoms with Gasteiger partial charge in [0, 0.05) is 32.3 Å². The fraction of sp³-hybridized carbons (Fsp3) is 0.933. The average molecular weight is 286 g/mol. The molecule has 0 aromatic heterocycles. The van der Waals surface area contributed by atoms with Crippen molar-refractivity contribution in [2.75, 3.05) is 46.1 Å². The van der Waals surface area contributed by atoms with Gasteiger partial charge in [-0.1, -0.05) is 26.7 Å². The second kappa shape index (κ2) is 10.1. The zero-order valence-corrected chi connectivity index (χ0v) is 13.2. The number of nitrogens with zero attached hydrogens (tertiary/aromatic N) is 1. The second-order valence-corrected chi connectivity index (χ2v) is 5.23. The number of morpholine rings is 1. The summed E-state index contributed by atoms with van der Waals surface area (Å²) in [4.78, 5) is 14.2. The van der Waals surface area contributed by atoms with Gasteiger partial charge in [-0.15, -0.1) is 0 Å². The maximum atomic E-state index is 11.7. The summed E-state index contributed by atoms with van der Waals surface area (Å²) in [6.07, 6.45) is 2.28. The molecule has 0 spiro atoms. The minimum Gasteiger partial charge on any atom is -0.379 e. The van der Waals surface area contributed by atoms with E-state index in [0.29, 0.717) is 25.1 Å². The third-order valence-corrected chi connectivity index (χ3v) is 4.05. The first-order chi connectivity index (χ1) is 9.72. The van der Waals surface area contributed by atoms with E-state index in [0.717, 1.165) is 39.1 Å². The van der Waals surface area contributed by atoms with Crippen molar-refractivity contribution in [3.05, 3.63) is 0 Å². The van der Waals surface area contributed by atoms with Gasteiger partial charge in [-0.25, -0.2) is 0 Å². The first-order valence-electron chi connectivity index (χ1n) is 7.89. The molecule has 1 heterocycles. The predicted octanol–water partition coefficient (Wildman–Crippen LogP) is 1.28. The quantitative estimate of drug-likeness (QED) is 0.693. The molecule has 0 aromatic rings. The Labute approximate surface area is 123 Å². The van der Waals surface area contributed by atoms with Gasteiger partial charge in [0.1, 0.15) is 6.61 Å². The number of ether oxygens (including phenoxy) is 2. The Bertz CT molecular complexity index is 264. The Morgan fingerprint density at radius 2 is 1.90 bits per heavy atom. The van der Waals surface area contributed by atoms with Crippen LogP contribution in [0.25, 0.3) is 0 Å². The predicted molar refractivity (Wildman–Crippen MR) is 79.8 cm³/mol. The molecule has 1 atom stereocenters. The van der Waals surface area contributed by atoms with Crippen molar-refractivity contribution >= 4 is 5.91 Å². The van der Waals surface area contributed by atoms with Crippen molar-refractivity contribution in [1.82, 2.24) is 10.2 Å². The number of rotatable bonds is 9. The summed E-state index contributed by atoms with van der Waals surface area (Å²) in [5.74, 6) is 0.594. The molecule has 1 saturated heterocycles. The summed E-state index contributed by atoms with van der Waals surface area (Å²) < 4.78 is 10.6. The van der Waals surface area contributed by atoms with Gasteiger partial charge in [0.2, 0.25) is 5.91 Å². The lowest BCUT2D eigenvalue weighted by Gasteiger charge is -2.38. The van der Waals surface area contributed by atoms with E-state index in [1.807, 2.05) is 6.92 Å². The molecular weight excluding hydrogens is 256 g/mol. The molecule has 0 aliphatic carbocycles. The molecule has 0 radical (unpaired) electrons. The van der Waals surface area contributed by atoms with Gasteiger partial charge < -0.3 is 14.8 Å². The van der Waals surface area contributed by atoms with Crippen LogP contribution in [-0.4, -0.2) is 62.9 Å². The lowest BCUT2D eigenvalue weighted by atomic mass is 9.92. The van der Waals surface area contributed by atoms with Gasteiger partial charge in [-0.05, 0) is 12.8 Å². The number of carbonyl (C=O) groups excluding carboxylic acids is 1. The van der Waals surface area contributed by atoms with E-state index in [9.17, 15) is 4.79 Å². The van der Waals surface area contributed by atoms with Crippen molar-refractivity contribution in [3.63, 3.8) is 0 Å². The van der Waals surface area contributed by atoms with Crippen LogP contribution in [0.2, 0.25) is 0 Å². The van der Waals surface area contributed by atoms with E-state index in [-0.39, 0.29) is 12.5 Å². The number of hydrogen-bond acceptors (Lipinski definition) is 4. The molecule has 118 valence electrons. The molecule has 1 fully saturated rings. The molecule has 0 saturated carbocycles. The SMILES string of the molecule is CCOCC(=O)NCC(C(CC)CC)N1CCOCC1.